The number of morpholine rings is 1. The first-order chi connectivity index (χ1) is 8.41. The largest absolute Gasteiger partial charge is 0.378 e. The lowest BCUT2D eigenvalue weighted by Gasteiger charge is -2.28. The predicted molar refractivity (Wildman–Crippen MR) is 68.2 cm³/mol. The molecule has 0 unspecified atom stereocenters. The molecule has 0 saturated carbocycles. The van der Waals surface area contributed by atoms with Gasteiger partial charge in [0.2, 0.25) is 5.95 Å². The topological polar surface area (TPSA) is 86.3 Å². The van der Waals surface area contributed by atoms with Crippen LogP contribution in [-0.4, -0.2) is 41.2 Å². The van der Waals surface area contributed by atoms with Crippen molar-refractivity contribution in [3.8, 4) is 0 Å². The molecule has 0 amide bonds. The van der Waals surface area contributed by atoms with E-state index in [0.717, 1.165) is 4.68 Å². The molecule has 1 aliphatic rings. The molecule has 2 rings (SSSR count). The van der Waals surface area contributed by atoms with Crippen LogP contribution >= 0.6 is 0 Å². The van der Waals surface area contributed by atoms with Crippen molar-refractivity contribution in [3.63, 3.8) is 0 Å². The van der Waals surface area contributed by atoms with E-state index in [1.165, 1.54) is 0 Å². The average Bonchev–Trinajstić information content (AvgIpc) is 2.32. The Labute approximate surface area is 106 Å². The number of rotatable bonds is 1. The normalized spacial score (nSPS) is 16.9. The molecule has 2 heterocycles. The highest BCUT2D eigenvalue weighted by Crippen LogP contribution is 2.16. The molecule has 7 nitrogen and oxygen atoms in total. The summed E-state index contributed by atoms with van der Waals surface area (Å²) in [6.45, 7) is 8.28. The number of anilines is 1. The molecule has 18 heavy (non-hydrogen) atoms. The summed E-state index contributed by atoms with van der Waals surface area (Å²) in [6.07, 6.45) is 0. The molecule has 0 spiro atoms. The van der Waals surface area contributed by atoms with Crippen LogP contribution in [0.1, 0.15) is 26.5 Å². The molecule has 0 aliphatic carbocycles. The monoisotopic (exact) mass is 253 g/mol. The van der Waals surface area contributed by atoms with E-state index in [4.69, 9.17) is 10.6 Å². The zero-order valence-corrected chi connectivity index (χ0v) is 11.0. The molecule has 1 aliphatic heterocycles. The van der Waals surface area contributed by atoms with Crippen molar-refractivity contribution in [2.45, 2.75) is 26.2 Å². The molecule has 0 aromatic carbocycles. The van der Waals surface area contributed by atoms with Gasteiger partial charge >= 0.3 is 0 Å². The highest BCUT2D eigenvalue weighted by molar-refractivity contribution is 5.31. The maximum atomic E-state index is 12.2. The lowest BCUT2D eigenvalue weighted by Crippen LogP contribution is -2.45. The van der Waals surface area contributed by atoms with E-state index in [9.17, 15) is 4.79 Å². The summed E-state index contributed by atoms with van der Waals surface area (Å²) in [5.74, 6) is 6.23. The second-order valence-electron chi connectivity index (χ2n) is 5.37. The smallest absolute Gasteiger partial charge is 0.295 e. The molecule has 1 aromatic rings. The molecule has 100 valence electrons. The summed E-state index contributed by atoms with van der Waals surface area (Å²) < 4.78 is 6.33. The average molecular weight is 253 g/mol. The molecular weight excluding hydrogens is 234 g/mol. The van der Waals surface area contributed by atoms with E-state index >= 15 is 0 Å². The molecule has 0 bridgehead atoms. The van der Waals surface area contributed by atoms with E-state index < -0.39 is 0 Å². The number of nitrogens with zero attached hydrogens (tertiary/aromatic N) is 4. The van der Waals surface area contributed by atoms with Crippen LogP contribution in [-0.2, 0) is 10.2 Å². The molecule has 0 atom stereocenters. The second kappa shape index (κ2) is 4.56. The third-order valence-electron chi connectivity index (χ3n) is 2.88. The van der Waals surface area contributed by atoms with Crippen molar-refractivity contribution in [3.05, 3.63) is 16.0 Å². The van der Waals surface area contributed by atoms with Gasteiger partial charge in [-0.1, -0.05) is 20.8 Å². The Morgan fingerprint density at radius 1 is 1.22 bits per heavy atom. The summed E-state index contributed by atoms with van der Waals surface area (Å²) in [5, 5.41) is 8.13. The van der Waals surface area contributed by atoms with Crippen LogP contribution in [0.4, 0.5) is 5.95 Å². The molecule has 0 radical (unpaired) electrons. The fourth-order valence-electron chi connectivity index (χ4n) is 1.84. The highest BCUT2D eigenvalue weighted by atomic mass is 16.5. The summed E-state index contributed by atoms with van der Waals surface area (Å²) in [7, 11) is 0. The molecule has 2 N–H and O–H groups in total. The quantitative estimate of drug-likeness (QED) is 0.678. The number of nitrogen functional groups attached to an aromatic ring is 1. The number of hydrogen-bond donors (Lipinski definition) is 1. The van der Waals surface area contributed by atoms with Gasteiger partial charge in [-0.05, 0) is 0 Å². The van der Waals surface area contributed by atoms with Crippen LogP contribution < -0.4 is 16.3 Å². The Morgan fingerprint density at radius 3 is 2.39 bits per heavy atom. The van der Waals surface area contributed by atoms with Gasteiger partial charge in [-0.3, -0.25) is 4.79 Å². The summed E-state index contributed by atoms with van der Waals surface area (Å²) in [4.78, 5) is 14.1. The van der Waals surface area contributed by atoms with Crippen LogP contribution in [0.2, 0.25) is 0 Å². The van der Waals surface area contributed by atoms with Gasteiger partial charge in [-0.15, -0.1) is 10.2 Å². The van der Waals surface area contributed by atoms with Crippen molar-refractivity contribution in [1.82, 2.24) is 14.9 Å². The number of ether oxygens (including phenoxy) is 1. The zero-order chi connectivity index (χ0) is 13.3. The van der Waals surface area contributed by atoms with Gasteiger partial charge in [0.1, 0.15) is 5.69 Å². The fraction of sp³-hybridized carbons (Fsp3) is 0.727. The van der Waals surface area contributed by atoms with E-state index in [1.54, 1.807) is 0 Å². The fourth-order valence-corrected chi connectivity index (χ4v) is 1.84. The lowest BCUT2D eigenvalue weighted by atomic mass is 9.93. The summed E-state index contributed by atoms with van der Waals surface area (Å²) in [6, 6.07) is 0. The van der Waals surface area contributed by atoms with Gasteiger partial charge in [-0.25, -0.2) is 0 Å². The highest BCUT2D eigenvalue weighted by Gasteiger charge is 2.24. The molecule has 1 fully saturated rings. The first-order valence-electron chi connectivity index (χ1n) is 5.99. The minimum absolute atomic E-state index is 0.293. The Hall–Kier alpha value is -1.63. The van der Waals surface area contributed by atoms with Gasteiger partial charge in [0.05, 0.1) is 13.2 Å². The third kappa shape index (κ3) is 2.31. The first-order valence-corrected chi connectivity index (χ1v) is 5.99. The summed E-state index contributed by atoms with van der Waals surface area (Å²) in [5.41, 5.74) is -0.282. The molecule has 7 heteroatoms. The van der Waals surface area contributed by atoms with Crippen LogP contribution in [0.25, 0.3) is 0 Å². The van der Waals surface area contributed by atoms with Crippen LogP contribution in [0, 0.1) is 0 Å². The lowest BCUT2D eigenvalue weighted by molar-refractivity contribution is 0.121. The Balaban J connectivity index is 2.40. The van der Waals surface area contributed by atoms with E-state index in [1.807, 2.05) is 25.7 Å². The van der Waals surface area contributed by atoms with Gasteiger partial charge in [0.15, 0.2) is 0 Å². The Bertz CT molecular complexity index is 485. The zero-order valence-electron chi connectivity index (χ0n) is 11.0. The SMILES string of the molecule is CC(C)(C)c1nnc(N2CCOCC2)n(N)c1=O. The third-order valence-corrected chi connectivity index (χ3v) is 2.88. The van der Waals surface area contributed by atoms with Gasteiger partial charge in [0.25, 0.3) is 5.56 Å². The van der Waals surface area contributed by atoms with Gasteiger partial charge < -0.3 is 15.5 Å². The maximum absolute atomic E-state index is 12.2. The van der Waals surface area contributed by atoms with Crippen LogP contribution in [0.15, 0.2) is 4.79 Å². The minimum Gasteiger partial charge on any atom is -0.378 e. The molecule has 1 saturated heterocycles. The van der Waals surface area contributed by atoms with Crippen LogP contribution in [0.3, 0.4) is 0 Å². The number of nitrogens with two attached hydrogens (primary N) is 1. The summed E-state index contributed by atoms with van der Waals surface area (Å²) >= 11 is 0. The van der Waals surface area contributed by atoms with E-state index in [0.29, 0.717) is 37.9 Å². The van der Waals surface area contributed by atoms with Crippen molar-refractivity contribution in [2.75, 3.05) is 37.0 Å². The van der Waals surface area contributed by atoms with Crippen molar-refractivity contribution < 1.29 is 4.74 Å². The van der Waals surface area contributed by atoms with Crippen LogP contribution in [0.5, 0.6) is 0 Å². The van der Waals surface area contributed by atoms with E-state index in [-0.39, 0.29) is 11.0 Å². The van der Waals surface area contributed by atoms with E-state index in [2.05, 4.69) is 10.2 Å². The van der Waals surface area contributed by atoms with Crippen molar-refractivity contribution in [1.29, 1.82) is 0 Å². The number of aromatic nitrogens is 3. The van der Waals surface area contributed by atoms with Gasteiger partial charge in [0, 0.05) is 18.5 Å². The Morgan fingerprint density at radius 2 is 1.83 bits per heavy atom. The Kier molecular flexibility index (Phi) is 3.25. The molecule has 1 aromatic heterocycles. The van der Waals surface area contributed by atoms with Crippen molar-refractivity contribution >= 4 is 5.95 Å². The second-order valence-corrected chi connectivity index (χ2v) is 5.37. The predicted octanol–water partition coefficient (Wildman–Crippen LogP) is -0.514. The van der Waals surface area contributed by atoms with Gasteiger partial charge in [-0.2, -0.15) is 4.68 Å². The van der Waals surface area contributed by atoms with Crippen molar-refractivity contribution in [2.24, 2.45) is 0 Å². The standard InChI is InChI=1S/C11H19N5O2/c1-11(2,3)8-9(17)16(12)10(14-13-8)15-4-6-18-7-5-15/h4-7,12H2,1-3H3. The molecular formula is C11H19N5O2. The first kappa shape index (κ1) is 12.8. The minimum atomic E-state index is -0.366. The maximum Gasteiger partial charge on any atom is 0.295 e. The number of hydrogen-bond acceptors (Lipinski definition) is 6.